The van der Waals surface area contributed by atoms with Crippen molar-refractivity contribution in [1.29, 1.82) is 0 Å². The molecule has 0 fully saturated rings. The Balaban J connectivity index is 2.86. The molecule has 8 heteroatoms. The van der Waals surface area contributed by atoms with Gasteiger partial charge in [-0.2, -0.15) is 8.42 Å². The van der Waals surface area contributed by atoms with E-state index >= 15 is 0 Å². The van der Waals surface area contributed by atoms with E-state index in [1.165, 1.54) is 0 Å². The van der Waals surface area contributed by atoms with E-state index in [1.54, 1.807) is 29.0 Å². The molecule has 0 heterocycles. The summed E-state index contributed by atoms with van der Waals surface area (Å²) in [6.45, 7) is 0. The number of para-hydroxylation sites is 1. The number of nitrogens with one attached hydrogen (secondary N) is 2. The molecule has 0 unspecified atom stereocenters. The van der Waals surface area contributed by atoms with Crippen molar-refractivity contribution in [1.82, 2.24) is 4.72 Å². The minimum atomic E-state index is -3.97. The summed E-state index contributed by atoms with van der Waals surface area (Å²) < 4.78 is 31.1. The van der Waals surface area contributed by atoms with Gasteiger partial charge in [-0.05, 0) is 11.6 Å². The first-order chi connectivity index (χ1) is 7.98. The number of methoxy groups -OCH3 is 1. The quantitative estimate of drug-likeness (QED) is 0.824. The lowest BCUT2D eigenvalue weighted by molar-refractivity contribution is 0.177. The summed E-state index contributed by atoms with van der Waals surface area (Å²) >= 11 is 3.23. The molecule has 1 rings (SSSR count). The van der Waals surface area contributed by atoms with Crippen LogP contribution in [-0.2, 0) is 20.3 Å². The highest BCUT2D eigenvalue weighted by molar-refractivity contribution is 9.08. The van der Waals surface area contributed by atoms with Gasteiger partial charge in [-0.3, -0.25) is 4.72 Å². The summed E-state index contributed by atoms with van der Waals surface area (Å²) in [6.07, 6.45) is -1.05. The van der Waals surface area contributed by atoms with Gasteiger partial charge in [0.05, 0.1) is 12.8 Å². The lowest BCUT2D eigenvalue weighted by Gasteiger charge is -2.11. The van der Waals surface area contributed by atoms with Gasteiger partial charge in [-0.25, -0.2) is 9.52 Å². The smallest absolute Gasteiger partial charge is 0.422 e. The minimum Gasteiger partial charge on any atom is -0.452 e. The van der Waals surface area contributed by atoms with Crippen molar-refractivity contribution in [3.8, 4) is 0 Å². The van der Waals surface area contributed by atoms with Gasteiger partial charge >= 0.3 is 16.3 Å². The fraction of sp³-hybridized carbons (Fsp3) is 0.222. The standard InChI is InChI=1S/C9H11BrN2O4S/c1-16-9(13)12-17(14,15)11-8-5-3-2-4-7(8)6-10/h2-5,11H,6H2,1H3,(H,12,13). The third-order valence-electron chi connectivity index (χ3n) is 1.81. The van der Waals surface area contributed by atoms with Crippen LogP contribution in [-0.4, -0.2) is 21.6 Å². The van der Waals surface area contributed by atoms with E-state index < -0.39 is 16.3 Å². The highest BCUT2D eigenvalue weighted by Gasteiger charge is 2.15. The molecule has 17 heavy (non-hydrogen) atoms. The highest BCUT2D eigenvalue weighted by atomic mass is 79.9. The van der Waals surface area contributed by atoms with Gasteiger partial charge < -0.3 is 4.74 Å². The number of halogens is 1. The van der Waals surface area contributed by atoms with Crippen molar-refractivity contribution >= 4 is 37.9 Å². The third kappa shape index (κ3) is 4.23. The normalized spacial score (nSPS) is 10.7. The second-order valence-electron chi connectivity index (χ2n) is 2.99. The number of anilines is 1. The molecule has 0 aliphatic carbocycles. The first-order valence-electron chi connectivity index (χ1n) is 4.51. The van der Waals surface area contributed by atoms with Crippen LogP contribution in [0.1, 0.15) is 5.56 Å². The van der Waals surface area contributed by atoms with Crippen LogP contribution in [0.2, 0.25) is 0 Å². The van der Waals surface area contributed by atoms with Crippen LogP contribution >= 0.6 is 15.9 Å². The summed E-state index contributed by atoms with van der Waals surface area (Å²) in [5.41, 5.74) is 1.14. The lowest BCUT2D eigenvalue weighted by atomic mass is 10.2. The Labute approximate surface area is 108 Å². The molecule has 1 aromatic rings. The van der Waals surface area contributed by atoms with E-state index in [0.29, 0.717) is 11.0 Å². The monoisotopic (exact) mass is 322 g/mol. The molecule has 0 radical (unpaired) electrons. The average molecular weight is 323 g/mol. The molecule has 94 valence electrons. The molecular weight excluding hydrogens is 312 g/mol. The van der Waals surface area contributed by atoms with E-state index in [2.05, 4.69) is 25.4 Å². The number of ether oxygens (including phenoxy) is 1. The number of rotatable bonds is 4. The first-order valence-corrected chi connectivity index (χ1v) is 7.11. The Kier molecular flexibility index (Phi) is 4.76. The Morgan fingerprint density at radius 1 is 1.41 bits per heavy atom. The number of hydrogen-bond acceptors (Lipinski definition) is 4. The molecule has 6 nitrogen and oxygen atoms in total. The van der Waals surface area contributed by atoms with Gasteiger partial charge in [-0.15, -0.1) is 0 Å². The van der Waals surface area contributed by atoms with E-state index in [9.17, 15) is 13.2 Å². The van der Waals surface area contributed by atoms with Crippen LogP contribution in [0.4, 0.5) is 10.5 Å². The maximum Gasteiger partial charge on any atom is 0.422 e. The summed E-state index contributed by atoms with van der Waals surface area (Å²) in [5, 5.41) is 0.490. The summed E-state index contributed by atoms with van der Waals surface area (Å²) in [5.74, 6) is 0. The molecule has 2 N–H and O–H groups in total. The van der Waals surface area contributed by atoms with E-state index in [1.807, 2.05) is 0 Å². The Bertz CT molecular complexity index is 503. The van der Waals surface area contributed by atoms with Gasteiger partial charge in [0, 0.05) is 5.33 Å². The van der Waals surface area contributed by atoms with Crippen LogP contribution < -0.4 is 9.44 Å². The predicted molar refractivity (Wildman–Crippen MR) is 67.2 cm³/mol. The zero-order chi connectivity index (χ0) is 12.9. The first kappa shape index (κ1) is 13.8. The van der Waals surface area contributed by atoms with Crippen molar-refractivity contribution in [3.05, 3.63) is 29.8 Å². The number of amides is 1. The molecule has 0 bridgehead atoms. The molecule has 0 aliphatic heterocycles. The molecule has 0 aliphatic rings. The Hall–Kier alpha value is -1.28. The summed E-state index contributed by atoms with van der Waals surface area (Å²) in [4.78, 5) is 10.8. The van der Waals surface area contributed by atoms with Gasteiger partial charge in [0.2, 0.25) is 0 Å². The van der Waals surface area contributed by atoms with Crippen LogP contribution in [0.3, 0.4) is 0 Å². The molecule has 0 spiro atoms. The number of carbonyl (C=O) groups is 1. The molecule has 0 saturated heterocycles. The van der Waals surface area contributed by atoms with Crippen molar-refractivity contribution in [2.45, 2.75) is 5.33 Å². The number of benzene rings is 1. The fourth-order valence-electron chi connectivity index (χ4n) is 1.06. The van der Waals surface area contributed by atoms with Crippen molar-refractivity contribution < 1.29 is 17.9 Å². The van der Waals surface area contributed by atoms with Gasteiger partial charge in [-0.1, -0.05) is 34.1 Å². The molecule has 1 aromatic carbocycles. The summed E-state index contributed by atoms with van der Waals surface area (Å²) in [6, 6.07) is 6.81. The molecular formula is C9H11BrN2O4S. The van der Waals surface area contributed by atoms with Crippen molar-refractivity contribution in [3.63, 3.8) is 0 Å². The van der Waals surface area contributed by atoms with E-state index in [-0.39, 0.29) is 0 Å². The lowest BCUT2D eigenvalue weighted by Crippen LogP contribution is -2.35. The van der Waals surface area contributed by atoms with Crippen LogP contribution in [0, 0.1) is 0 Å². The van der Waals surface area contributed by atoms with Crippen LogP contribution in [0.5, 0.6) is 0 Å². The van der Waals surface area contributed by atoms with Gasteiger partial charge in [0.25, 0.3) is 0 Å². The fourth-order valence-corrected chi connectivity index (χ4v) is 2.39. The average Bonchev–Trinajstić information content (AvgIpc) is 2.28. The van der Waals surface area contributed by atoms with Gasteiger partial charge in [0.1, 0.15) is 0 Å². The topological polar surface area (TPSA) is 84.5 Å². The zero-order valence-electron chi connectivity index (χ0n) is 8.94. The molecule has 0 saturated carbocycles. The molecule has 0 aromatic heterocycles. The zero-order valence-corrected chi connectivity index (χ0v) is 11.3. The second-order valence-corrected chi connectivity index (χ2v) is 4.97. The van der Waals surface area contributed by atoms with Crippen LogP contribution in [0.15, 0.2) is 24.3 Å². The maximum absolute atomic E-state index is 11.5. The second kappa shape index (κ2) is 5.87. The maximum atomic E-state index is 11.5. The highest BCUT2D eigenvalue weighted by Crippen LogP contribution is 2.18. The predicted octanol–water partition coefficient (Wildman–Crippen LogP) is 1.59. The third-order valence-corrected chi connectivity index (χ3v) is 3.34. The molecule has 0 atom stereocenters. The number of alkyl halides is 1. The van der Waals surface area contributed by atoms with Gasteiger partial charge in [0.15, 0.2) is 0 Å². The summed E-state index contributed by atoms with van der Waals surface area (Å²) in [7, 11) is -2.89. The Morgan fingerprint density at radius 3 is 2.65 bits per heavy atom. The van der Waals surface area contributed by atoms with Crippen molar-refractivity contribution in [2.24, 2.45) is 0 Å². The minimum absolute atomic E-state index is 0.390. The number of hydrogen-bond donors (Lipinski definition) is 2. The molecule has 1 amide bonds. The number of carbonyl (C=O) groups excluding carboxylic acids is 1. The van der Waals surface area contributed by atoms with Crippen LogP contribution in [0.25, 0.3) is 0 Å². The Morgan fingerprint density at radius 2 is 2.06 bits per heavy atom. The van der Waals surface area contributed by atoms with Crippen molar-refractivity contribution in [2.75, 3.05) is 11.8 Å². The van der Waals surface area contributed by atoms with E-state index in [4.69, 9.17) is 0 Å². The van der Waals surface area contributed by atoms with E-state index in [0.717, 1.165) is 12.7 Å². The largest absolute Gasteiger partial charge is 0.452 e. The SMILES string of the molecule is COC(=O)NS(=O)(=O)Nc1ccccc1CBr.